The lowest BCUT2D eigenvalue weighted by molar-refractivity contribution is 1.48. The molecule has 19 heavy (non-hydrogen) atoms. The van der Waals surface area contributed by atoms with Gasteiger partial charge in [0.05, 0.1) is 11.6 Å². The highest BCUT2D eigenvalue weighted by atomic mass is 14.2. The Labute approximate surface area is 112 Å². The summed E-state index contributed by atoms with van der Waals surface area (Å²) in [7, 11) is 0. The van der Waals surface area contributed by atoms with E-state index in [4.69, 9.17) is 0 Å². The van der Waals surface area contributed by atoms with E-state index >= 15 is 0 Å². The molecule has 0 spiro atoms. The van der Waals surface area contributed by atoms with Crippen LogP contribution < -0.4 is 0 Å². The number of rotatable bonds is 1. The van der Waals surface area contributed by atoms with Crippen molar-refractivity contribution in [2.75, 3.05) is 0 Å². The van der Waals surface area contributed by atoms with Gasteiger partial charge in [-0.3, -0.25) is 0 Å². The van der Waals surface area contributed by atoms with Crippen LogP contribution in [0.1, 0.15) is 11.1 Å². The Hall–Kier alpha value is -2.59. The topological polar surface area (TPSA) is 23.8 Å². The minimum absolute atomic E-state index is 0.718. The van der Waals surface area contributed by atoms with Crippen molar-refractivity contribution in [2.45, 2.75) is 6.92 Å². The van der Waals surface area contributed by atoms with Gasteiger partial charge in [0.1, 0.15) is 0 Å². The fraction of sp³-hybridized carbons (Fsp3) is 0.0556. The second-order valence-electron chi connectivity index (χ2n) is 4.69. The van der Waals surface area contributed by atoms with Crippen LogP contribution in [0.5, 0.6) is 0 Å². The molecule has 3 aromatic carbocycles. The maximum absolute atomic E-state index is 9.25. The third-order valence-corrected chi connectivity index (χ3v) is 3.37. The molecule has 3 rings (SSSR count). The first-order valence-electron chi connectivity index (χ1n) is 6.28. The molecule has 0 amide bonds. The number of aryl methyl sites for hydroxylation is 1. The average Bonchev–Trinajstić information content (AvgIpc) is 2.46. The second-order valence-corrected chi connectivity index (χ2v) is 4.69. The highest BCUT2D eigenvalue weighted by molar-refractivity contribution is 5.98. The van der Waals surface area contributed by atoms with E-state index in [1.807, 2.05) is 30.3 Å². The molecule has 0 aliphatic carbocycles. The molecule has 1 nitrogen and oxygen atoms in total. The number of fused-ring (bicyclic) bond motifs is 1. The van der Waals surface area contributed by atoms with Crippen molar-refractivity contribution in [2.24, 2.45) is 0 Å². The zero-order valence-electron chi connectivity index (χ0n) is 10.7. The molecule has 0 aliphatic rings. The third-order valence-electron chi connectivity index (χ3n) is 3.37. The van der Waals surface area contributed by atoms with Crippen LogP contribution in [-0.4, -0.2) is 0 Å². The van der Waals surface area contributed by atoms with E-state index in [1.54, 1.807) is 0 Å². The van der Waals surface area contributed by atoms with Gasteiger partial charge < -0.3 is 0 Å². The Bertz CT molecular complexity index is 794. The molecule has 0 saturated carbocycles. The van der Waals surface area contributed by atoms with Crippen LogP contribution in [0, 0.1) is 18.3 Å². The smallest absolute Gasteiger partial charge is 0.0998 e. The summed E-state index contributed by atoms with van der Waals surface area (Å²) >= 11 is 0. The highest BCUT2D eigenvalue weighted by Crippen LogP contribution is 2.31. The Balaban J connectivity index is 2.35. The van der Waals surface area contributed by atoms with E-state index in [9.17, 15) is 5.26 Å². The Morgan fingerprint density at radius 2 is 1.63 bits per heavy atom. The normalized spacial score (nSPS) is 10.3. The molecular weight excluding hydrogens is 230 g/mol. The Kier molecular flexibility index (Phi) is 2.78. The Morgan fingerprint density at radius 3 is 2.47 bits per heavy atom. The average molecular weight is 243 g/mol. The third kappa shape index (κ3) is 1.98. The van der Waals surface area contributed by atoms with Gasteiger partial charge in [-0.15, -0.1) is 0 Å². The van der Waals surface area contributed by atoms with Crippen LogP contribution >= 0.6 is 0 Å². The van der Waals surface area contributed by atoms with E-state index in [2.05, 4.69) is 43.3 Å². The predicted molar refractivity (Wildman–Crippen MR) is 78.8 cm³/mol. The van der Waals surface area contributed by atoms with Gasteiger partial charge in [-0.05, 0) is 29.3 Å². The minimum Gasteiger partial charge on any atom is -0.192 e. The fourth-order valence-electron chi connectivity index (χ4n) is 2.45. The first kappa shape index (κ1) is 11.5. The number of hydrogen-bond acceptors (Lipinski definition) is 1. The van der Waals surface area contributed by atoms with Gasteiger partial charge in [0, 0.05) is 5.56 Å². The maximum atomic E-state index is 9.25. The summed E-state index contributed by atoms with van der Waals surface area (Å²) in [6.07, 6.45) is 0. The summed E-state index contributed by atoms with van der Waals surface area (Å²) in [4.78, 5) is 0. The summed E-state index contributed by atoms with van der Waals surface area (Å²) in [5, 5.41) is 11.6. The summed E-state index contributed by atoms with van der Waals surface area (Å²) in [6, 6.07) is 22.7. The molecule has 90 valence electrons. The van der Waals surface area contributed by atoms with Gasteiger partial charge in [0.15, 0.2) is 0 Å². The van der Waals surface area contributed by atoms with Crippen molar-refractivity contribution in [3.63, 3.8) is 0 Å². The zero-order chi connectivity index (χ0) is 13.2. The van der Waals surface area contributed by atoms with Crippen LogP contribution in [0.2, 0.25) is 0 Å². The number of hydrogen-bond donors (Lipinski definition) is 0. The maximum Gasteiger partial charge on any atom is 0.0998 e. The number of nitrogens with zero attached hydrogens (tertiary/aromatic N) is 1. The van der Waals surface area contributed by atoms with Crippen molar-refractivity contribution in [3.05, 3.63) is 71.8 Å². The van der Waals surface area contributed by atoms with E-state index in [0.717, 1.165) is 16.7 Å². The van der Waals surface area contributed by atoms with Crippen LogP contribution in [0.15, 0.2) is 60.7 Å². The number of benzene rings is 3. The van der Waals surface area contributed by atoms with Crippen molar-refractivity contribution in [1.29, 1.82) is 5.26 Å². The second kappa shape index (κ2) is 4.59. The summed E-state index contributed by atoms with van der Waals surface area (Å²) in [6.45, 7) is 2.09. The molecule has 0 N–H and O–H groups in total. The van der Waals surface area contributed by atoms with Gasteiger partial charge in [-0.2, -0.15) is 5.26 Å². The molecule has 0 radical (unpaired) electrons. The standard InChI is InChI=1S/C18H13N/c1-13-9-10-17-14(11-13)6-4-8-18(17)16-7-3-2-5-15(16)12-19/h2-11H,1H3. The van der Waals surface area contributed by atoms with Crippen LogP contribution in [-0.2, 0) is 0 Å². The van der Waals surface area contributed by atoms with Crippen molar-refractivity contribution in [3.8, 4) is 17.2 Å². The van der Waals surface area contributed by atoms with E-state index in [0.29, 0.717) is 0 Å². The SMILES string of the molecule is Cc1ccc2c(-c3ccccc3C#N)cccc2c1. The molecule has 1 heteroatoms. The van der Waals surface area contributed by atoms with E-state index < -0.39 is 0 Å². The molecule has 0 saturated heterocycles. The molecule has 0 heterocycles. The first-order valence-corrected chi connectivity index (χ1v) is 6.28. The van der Waals surface area contributed by atoms with Crippen LogP contribution in [0.3, 0.4) is 0 Å². The molecule has 3 aromatic rings. The van der Waals surface area contributed by atoms with Gasteiger partial charge >= 0.3 is 0 Å². The molecule has 0 bridgehead atoms. The molecule has 0 aromatic heterocycles. The van der Waals surface area contributed by atoms with Crippen LogP contribution in [0.25, 0.3) is 21.9 Å². The first-order chi connectivity index (χ1) is 9.29. The predicted octanol–water partition coefficient (Wildman–Crippen LogP) is 4.69. The van der Waals surface area contributed by atoms with Crippen molar-refractivity contribution < 1.29 is 0 Å². The highest BCUT2D eigenvalue weighted by Gasteiger charge is 2.07. The fourth-order valence-corrected chi connectivity index (χ4v) is 2.45. The molecule has 0 unspecified atom stereocenters. The summed E-state index contributed by atoms with van der Waals surface area (Å²) in [5.41, 5.74) is 4.09. The lowest BCUT2D eigenvalue weighted by Gasteiger charge is -2.09. The van der Waals surface area contributed by atoms with Gasteiger partial charge in [-0.25, -0.2) is 0 Å². The monoisotopic (exact) mass is 243 g/mol. The van der Waals surface area contributed by atoms with Gasteiger partial charge in [0.25, 0.3) is 0 Å². The van der Waals surface area contributed by atoms with Crippen LogP contribution in [0.4, 0.5) is 0 Å². The van der Waals surface area contributed by atoms with Crippen molar-refractivity contribution in [1.82, 2.24) is 0 Å². The quantitative estimate of drug-likeness (QED) is 0.608. The largest absolute Gasteiger partial charge is 0.192 e. The zero-order valence-corrected chi connectivity index (χ0v) is 10.7. The van der Waals surface area contributed by atoms with E-state index in [-0.39, 0.29) is 0 Å². The van der Waals surface area contributed by atoms with Gasteiger partial charge in [0.2, 0.25) is 0 Å². The summed E-state index contributed by atoms with van der Waals surface area (Å²) < 4.78 is 0. The summed E-state index contributed by atoms with van der Waals surface area (Å²) in [5.74, 6) is 0. The lowest BCUT2D eigenvalue weighted by Crippen LogP contribution is -1.86. The van der Waals surface area contributed by atoms with Gasteiger partial charge in [-0.1, -0.05) is 60.2 Å². The Morgan fingerprint density at radius 1 is 0.842 bits per heavy atom. The molecule has 0 aliphatic heterocycles. The van der Waals surface area contributed by atoms with E-state index in [1.165, 1.54) is 16.3 Å². The minimum atomic E-state index is 0.718. The molecule has 0 atom stereocenters. The van der Waals surface area contributed by atoms with Crippen molar-refractivity contribution >= 4 is 10.8 Å². The number of nitriles is 1. The molecule has 0 fully saturated rings. The molecular formula is C18H13N. The lowest BCUT2D eigenvalue weighted by atomic mass is 9.94.